The molecule has 0 radical (unpaired) electrons. The van der Waals surface area contributed by atoms with Crippen molar-refractivity contribution in [2.24, 2.45) is 5.92 Å². The summed E-state index contributed by atoms with van der Waals surface area (Å²) in [7, 11) is 0. The molecule has 3 atom stereocenters. The quantitative estimate of drug-likeness (QED) is 0.761. The third-order valence-corrected chi connectivity index (χ3v) is 2.70. The van der Waals surface area contributed by atoms with Crippen molar-refractivity contribution in [3.63, 3.8) is 0 Å². The van der Waals surface area contributed by atoms with Crippen molar-refractivity contribution >= 4 is 6.09 Å². The van der Waals surface area contributed by atoms with Crippen LogP contribution in [0.3, 0.4) is 0 Å². The molecule has 0 aromatic carbocycles. The van der Waals surface area contributed by atoms with Gasteiger partial charge in [0.2, 0.25) is 0 Å². The standard InChI is InChI=1S/C12H23NO4/c1-8(14)5-9-6-13(7-10(9)15)11(16)17-12(2,3)4/h8-10,14-15H,5-7H2,1-4H3. The summed E-state index contributed by atoms with van der Waals surface area (Å²) in [6, 6.07) is 0. The second-order valence-electron chi connectivity index (χ2n) is 5.80. The van der Waals surface area contributed by atoms with Gasteiger partial charge in [-0.3, -0.25) is 0 Å². The lowest BCUT2D eigenvalue weighted by molar-refractivity contribution is 0.0269. The Labute approximate surface area is 102 Å². The van der Waals surface area contributed by atoms with Crippen LogP contribution < -0.4 is 0 Å². The Balaban J connectivity index is 2.51. The van der Waals surface area contributed by atoms with E-state index in [9.17, 15) is 15.0 Å². The SMILES string of the molecule is CC(O)CC1CN(C(=O)OC(C)(C)C)CC1O. The highest BCUT2D eigenvalue weighted by molar-refractivity contribution is 5.68. The molecule has 5 heteroatoms. The number of likely N-dealkylation sites (tertiary alicyclic amines) is 1. The number of hydrogen-bond acceptors (Lipinski definition) is 4. The minimum Gasteiger partial charge on any atom is -0.444 e. The number of rotatable bonds is 2. The molecule has 5 nitrogen and oxygen atoms in total. The van der Waals surface area contributed by atoms with Gasteiger partial charge < -0.3 is 19.8 Å². The zero-order chi connectivity index (χ0) is 13.2. The zero-order valence-corrected chi connectivity index (χ0v) is 11.0. The highest BCUT2D eigenvalue weighted by Crippen LogP contribution is 2.23. The van der Waals surface area contributed by atoms with E-state index in [-0.39, 0.29) is 12.5 Å². The molecule has 1 fully saturated rings. The van der Waals surface area contributed by atoms with Gasteiger partial charge in [0.05, 0.1) is 18.8 Å². The third kappa shape index (κ3) is 4.52. The van der Waals surface area contributed by atoms with Crippen molar-refractivity contribution in [1.29, 1.82) is 0 Å². The minimum absolute atomic E-state index is 0.0671. The van der Waals surface area contributed by atoms with Crippen LogP contribution in [0.1, 0.15) is 34.1 Å². The maximum atomic E-state index is 11.8. The van der Waals surface area contributed by atoms with Crippen molar-refractivity contribution in [3.8, 4) is 0 Å². The van der Waals surface area contributed by atoms with Gasteiger partial charge in [-0.2, -0.15) is 0 Å². The highest BCUT2D eigenvalue weighted by atomic mass is 16.6. The van der Waals surface area contributed by atoms with E-state index in [4.69, 9.17) is 4.74 Å². The predicted molar refractivity (Wildman–Crippen MR) is 63.6 cm³/mol. The van der Waals surface area contributed by atoms with E-state index in [1.807, 2.05) is 20.8 Å². The molecule has 100 valence electrons. The Morgan fingerprint density at radius 3 is 2.53 bits per heavy atom. The number of carbonyl (C=O) groups is 1. The summed E-state index contributed by atoms with van der Waals surface area (Å²) in [5, 5.41) is 19.1. The largest absolute Gasteiger partial charge is 0.444 e. The fourth-order valence-electron chi connectivity index (χ4n) is 2.00. The molecular weight excluding hydrogens is 222 g/mol. The van der Waals surface area contributed by atoms with Crippen LogP contribution in [0.25, 0.3) is 0 Å². The fraction of sp³-hybridized carbons (Fsp3) is 0.917. The maximum absolute atomic E-state index is 11.8. The fourth-order valence-corrected chi connectivity index (χ4v) is 2.00. The first-order chi connectivity index (χ1) is 7.69. The van der Waals surface area contributed by atoms with Crippen molar-refractivity contribution in [1.82, 2.24) is 4.90 Å². The zero-order valence-electron chi connectivity index (χ0n) is 11.0. The van der Waals surface area contributed by atoms with Crippen LogP contribution in [0.4, 0.5) is 4.79 Å². The lowest BCUT2D eigenvalue weighted by Crippen LogP contribution is -2.35. The van der Waals surface area contributed by atoms with Crippen molar-refractivity contribution < 1.29 is 19.7 Å². The average molecular weight is 245 g/mol. The van der Waals surface area contributed by atoms with E-state index in [1.54, 1.807) is 6.92 Å². The van der Waals surface area contributed by atoms with Crippen molar-refractivity contribution in [3.05, 3.63) is 0 Å². The summed E-state index contributed by atoms with van der Waals surface area (Å²) >= 11 is 0. The predicted octanol–water partition coefficient (Wildman–Crippen LogP) is 0.985. The minimum atomic E-state index is -0.572. The molecular formula is C12H23NO4. The molecule has 1 rings (SSSR count). The highest BCUT2D eigenvalue weighted by Gasteiger charge is 2.36. The molecule has 0 bridgehead atoms. The van der Waals surface area contributed by atoms with Crippen LogP contribution in [-0.4, -0.2) is 52.1 Å². The van der Waals surface area contributed by atoms with Crippen molar-refractivity contribution in [2.75, 3.05) is 13.1 Å². The van der Waals surface area contributed by atoms with Crippen LogP contribution in [0.15, 0.2) is 0 Å². The second-order valence-corrected chi connectivity index (χ2v) is 5.80. The molecule has 17 heavy (non-hydrogen) atoms. The molecule has 0 aromatic rings. The number of carbonyl (C=O) groups excluding carboxylic acids is 1. The summed E-state index contributed by atoms with van der Waals surface area (Å²) in [5.41, 5.74) is -0.523. The Kier molecular flexibility index (Phi) is 4.38. The monoisotopic (exact) mass is 245 g/mol. The smallest absolute Gasteiger partial charge is 0.410 e. The normalized spacial score (nSPS) is 27.1. The average Bonchev–Trinajstić information content (AvgIpc) is 2.44. The molecule has 1 amide bonds. The number of β-amino-alcohol motifs (C(OH)–C–C–N with tert-alkyl or cyclic N) is 1. The van der Waals surface area contributed by atoms with Crippen LogP contribution in [0, 0.1) is 5.92 Å². The molecule has 0 aliphatic carbocycles. The second kappa shape index (κ2) is 5.23. The first-order valence-electron chi connectivity index (χ1n) is 6.03. The van der Waals surface area contributed by atoms with E-state index in [1.165, 1.54) is 4.90 Å². The molecule has 1 heterocycles. The van der Waals surface area contributed by atoms with Crippen LogP contribution in [0.5, 0.6) is 0 Å². The van der Waals surface area contributed by atoms with Crippen LogP contribution in [-0.2, 0) is 4.74 Å². The summed E-state index contributed by atoms with van der Waals surface area (Å²) in [6.07, 6.45) is -0.935. The molecule has 3 unspecified atom stereocenters. The lowest BCUT2D eigenvalue weighted by Gasteiger charge is -2.24. The molecule has 0 aromatic heterocycles. The summed E-state index contributed by atoms with van der Waals surface area (Å²) in [5.74, 6) is -0.0671. The maximum Gasteiger partial charge on any atom is 0.410 e. The van der Waals surface area contributed by atoms with Gasteiger partial charge in [0, 0.05) is 12.5 Å². The van der Waals surface area contributed by atoms with E-state index in [0.29, 0.717) is 13.0 Å². The van der Waals surface area contributed by atoms with Gasteiger partial charge in [-0.25, -0.2) is 4.79 Å². The lowest BCUT2D eigenvalue weighted by atomic mass is 9.99. The summed E-state index contributed by atoms with van der Waals surface area (Å²) in [4.78, 5) is 13.3. The molecule has 0 saturated carbocycles. The van der Waals surface area contributed by atoms with Crippen molar-refractivity contribution in [2.45, 2.75) is 51.9 Å². The first kappa shape index (κ1) is 14.3. The van der Waals surface area contributed by atoms with Gasteiger partial charge in [0.15, 0.2) is 0 Å². The molecule has 1 aliphatic rings. The van der Waals surface area contributed by atoms with E-state index >= 15 is 0 Å². The molecule has 0 spiro atoms. The third-order valence-electron chi connectivity index (χ3n) is 2.70. The van der Waals surface area contributed by atoms with Gasteiger partial charge in [0.1, 0.15) is 5.60 Å². The number of aliphatic hydroxyl groups is 2. The summed E-state index contributed by atoms with van der Waals surface area (Å²) < 4.78 is 5.24. The van der Waals surface area contributed by atoms with E-state index < -0.39 is 23.9 Å². The van der Waals surface area contributed by atoms with Crippen LogP contribution >= 0.6 is 0 Å². The van der Waals surface area contributed by atoms with Crippen LogP contribution in [0.2, 0.25) is 0 Å². The Bertz CT molecular complexity index is 272. The topological polar surface area (TPSA) is 70.0 Å². The number of nitrogens with zero attached hydrogens (tertiary/aromatic N) is 1. The number of aliphatic hydroxyl groups excluding tert-OH is 2. The Hall–Kier alpha value is -0.810. The number of hydrogen-bond donors (Lipinski definition) is 2. The Morgan fingerprint density at radius 2 is 2.06 bits per heavy atom. The molecule has 2 N–H and O–H groups in total. The number of ether oxygens (including phenoxy) is 1. The first-order valence-corrected chi connectivity index (χ1v) is 6.03. The van der Waals surface area contributed by atoms with Gasteiger partial charge in [-0.15, -0.1) is 0 Å². The Morgan fingerprint density at radius 1 is 1.47 bits per heavy atom. The van der Waals surface area contributed by atoms with Gasteiger partial charge in [-0.1, -0.05) is 0 Å². The van der Waals surface area contributed by atoms with E-state index in [0.717, 1.165) is 0 Å². The van der Waals surface area contributed by atoms with Gasteiger partial charge >= 0.3 is 6.09 Å². The van der Waals surface area contributed by atoms with Gasteiger partial charge in [0.25, 0.3) is 0 Å². The number of amides is 1. The molecule has 1 aliphatic heterocycles. The summed E-state index contributed by atoms with van der Waals surface area (Å²) in [6.45, 7) is 7.84. The van der Waals surface area contributed by atoms with E-state index in [2.05, 4.69) is 0 Å². The van der Waals surface area contributed by atoms with Gasteiger partial charge in [-0.05, 0) is 34.1 Å². The molecule has 1 saturated heterocycles.